The number of alkyl halides is 1. The minimum Gasteiger partial charge on any atom is -0.342 e. The van der Waals surface area contributed by atoms with Crippen molar-refractivity contribution in [2.24, 2.45) is 0 Å². The summed E-state index contributed by atoms with van der Waals surface area (Å²) in [4.78, 5) is 13.8. The number of halogens is 2. The van der Waals surface area contributed by atoms with Crippen LogP contribution in [-0.2, 0) is 0 Å². The van der Waals surface area contributed by atoms with Gasteiger partial charge in [-0.05, 0) is 59.7 Å². The quantitative estimate of drug-likeness (QED) is 0.427. The van der Waals surface area contributed by atoms with E-state index < -0.39 is 0 Å². The fraction of sp³-hybridized carbons (Fsp3) is 0.462. The zero-order chi connectivity index (χ0) is 12.7. The summed E-state index contributed by atoms with van der Waals surface area (Å²) in [5, 5.41) is 0. The summed E-state index contributed by atoms with van der Waals surface area (Å²) < 4.78 is 1.14. The normalized spacial score (nSPS) is 10.3. The summed E-state index contributed by atoms with van der Waals surface area (Å²) in [6.45, 7) is 0.793. The summed E-state index contributed by atoms with van der Waals surface area (Å²) in [7, 11) is 1.85. The van der Waals surface area contributed by atoms with Crippen molar-refractivity contribution >= 4 is 40.1 Å². The highest BCUT2D eigenvalue weighted by molar-refractivity contribution is 14.1. The smallest absolute Gasteiger partial charge is 0.253 e. The Kier molecular flexibility index (Phi) is 6.89. The van der Waals surface area contributed by atoms with Crippen molar-refractivity contribution in [3.05, 3.63) is 33.4 Å². The second kappa shape index (κ2) is 7.93. The first-order chi connectivity index (χ1) is 8.15. The summed E-state index contributed by atoms with van der Waals surface area (Å²) >= 11 is 7.84. The molecule has 0 aliphatic rings. The van der Waals surface area contributed by atoms with Gasteiger partial charge in [0.1, 0.15) is 0 Å². The Morgan fingerprint density at radius 3 is 2.47 bits per heavy atom. The van der Waals surface area contributed by atoms with Gasteiger partial charge < -0.3 is 4.90 Å². The van der Waals surface area contributed by atoms with Gasteiger partial charge in [-0.25, -0.2) is 0 Å². The lowest BCUT2D eigenvalue weighted by Gasteiger charge is -2.17. The number of hydrogen-bond donors (Lipinski definition) is 0. The Labute approximate surface area is 121 Å². The third-order valence-corrected chi connectivity index (χ3v) is 3.55. The predicted octanol–water partition coefficient (Wildman–Crippen LogP) is 3.77. The fourth-order valence-corrected chi connectivity index (χ4v) is 2.08. The van der Waals surface area contributed by atoms with Gasteiger partial charge in [0.05, 0.1) is 0 Å². The summed E-state index contributed by atoms with van der Waals surface area (Å²) in [6, 6.07) is 7.66. The van der Waals surface area contributed by atoms with Crippen molar-refractivity contribution in [1.82, 2.24) is 4.90 Å². The number of hydrogen-bond acceptors (Lipinski definition) is 1. The van der Waals surface area contributed by atoms with Crippen LogP contribution in [0.25, 0.3) is 0 Å². The van der Waals surface area contributed by atoms with Crippen molar-refractivity contribution < 1.29 is 4.79 Å². The molecule has 0 aliphatic heterocycles. The molecule has 17 heavy (non-hydrogen) atoms. The molecule has 0 radical (unpaired) electrons. The number of carbonyl (C=O) groups is 1. The first-order valence-electron chi connectivity index (χ1n) is 5.72. The molecule has 0 spiro atoms. The van der Waals surface area contributed by atoms with Crippen molar-refractivity contribution in [2.75, 3.05) is 19.5 Å². The lowest BCUT2D eigenvalue weighted by atomic mass is 10.2. The molecule has 1 aromatic carbocycles. The highest BCUT2D eigenvalue weighted by atomic mass is 127. The Bertz CT molecular complexity index is 353. The highest BCUT2D eigenvalue weighted by Gasteiger charge is 2.10. The molecule has 1 aromatic rings. The zero-order valence-corrected chi connectivity index (χ0v) is 12.9. The standard InChI is InChI=1S/C13H17ClINO/c1-16(10-4-2-3-9-14)13(17)11-5-7-12(15)8-6-11/h5-8H,2-4,9-10H2,1H3. The summed E-state index contributed by atoms with van der Waals surface area (Å²) in [6.07, 6.45) is 3.11. The minimum absolute atomic E-state index is 0.0901. The molecular formula is C13H17ClINO. The second-order valence-corrected chi connectivity index (χ2v) is 5.61. The number of benzene rings is 1. The summed E-state index contributed by atoms with van der Waals surface area (Å²) in [5.74, 6) is 0.793. The molecule has 0 aliphatic carbocycles. The van der Waals surface area contributed by atoms with Gasteiger partial charge >= 0.3 is 0 Å². The van der Waals surface area contributed by atoms with E-state index in [2.05, 4.69) is 22.6 Å². The van der Waals surface area contributed by atoms with E-state index in [1.807, 2.05) is 31.3 Å². The number of unbranched alkanes of at least 4 members (excludes halogenated alkanes) is 2. The van der Waals surface area contributed by atoms with E-state index in [1.165, 1.54) is 0 Å². The molecule has 2 nitrogen and oxygen atoms in total. The van der Waals surface area contributed by atoms with Crippen LogP contribution in [-0.4, -0.2) is 30.3 Å². The van der Waals surface area contributed by atoms with Gasteiger partial charge in [-0.1, -0.05) is 6.42 Å². The van der Waals surface area contributed by atoms with Crippen LogP contribution in [0.5, 0.6) is 0 Å². The fourth-order valence-electron chi connectivity index (χ4n) is 1.53. The molecule has 0 atom stereocenters. The van der Waals surface area contributed by atoms with E-state index in [4.69, 9.17) is 11.6 Å². The van der Waals surface area contributed by atoms with E-state index in [-0.39, 0.29) is 5.91 Å². The van der Waals surface area contributed by atoms with Gasteiger partial charge in [-0.15, -0.1) is 11.6 Å². The molecule has 0 aromatic heterocycles. The Morgan fingerprint density at radius 1 is 1.24 bits per heavy atom. The number of carbonyl (C=O) groups excluding carboxylic acids is 1. The van der Waals surface area contributed by atoms with Crippen LogP contribution in [0, 0.1) is 3.57 Å². The predicted molar refractivity (Wildman–Crippen MR) is 80.7 cm³/mol. The van der Waals surface area contributed by atoms with E-state index in [9.17, 15) is 4.79 Å². The Morgan fingerprint density at radius 2 is 1.88 bits per heavy atom. The van der Waals surface area contributed by atoms with Crippen molar-refractivity contribution in [2.45, 2.75) is 19.3 Å². The van der Waals surface area contributed by atoms with Gasteiger partial charge in [0, 0.05) is 28.6 Å². The van der Waals surface area contributed by atoms with E-state index in [0.717, 1.165) is 34.9 Å². The van der Waals surface area contributed by atoms with Crippen LogP contribution in [0.3, 0.4) is 0 Å². The van der Waals surface area contributed by atoms with Crippen LogP contribution in [0.2, 0.25) is 0 Å². The van der Waals surface area contributed by atoms with Crippen LogP contribution in [0.15, 0.2) is 24.3 Å². The average molecular weight is 366 g/mol. The maximum absolute atomic E-state index is 12.0. The maximum Gasteiger partial charge on any atom is 0.253 e. The molecule has 0 bridgehead atoms. The van der Waals surface area contributed by atoms with Gasteiger partial charge in [0.2, 0.25) is 0 Å². The molecule has 0 fully saturated rings. The third kappa shape index (κ3) is 5.25. The van der Waals surface area contributed by atoms with Crippen LogP contribution >= 0.6 is 34.2 Å². The van der Waals surface area contributed by atoms with Crippen molar-refractivity contribution in [1.29, 1.82) is 0 Å². The van der Waals surface area contributed by atoms with Crippen LogP contribution in [0.4, 0.5) is 0 Å². The summed E-state index contributed by atoms with van der Waals surface area (Å²) in [5.41, 5.74) is 0.755. The molecule has 0 saturated heterocycles. The highest BCUT2D eigenvalue weighted by Crippen LogP contribution is 2.09. The molecule has 1 amide bonds. The molecule has 0 unspecified atom stereocenters. The lowest BCUT2D eigenvalue weighted by molar-refractivity contribution is 0.0792. The van der Waals surface area contributed by atoms with E-state index in [0.29, 0.717) is 5.88 Å². The molecular weight excluding hydrogens is 349 g/mol. The third-order valence-electron chi connectivity index (χ3n) is 2.57. The zero-order valence-electron chi connectivity index (χ0n) is 9.96. The number of rotatable bonds is 6. The number of nitrogens with zero attached hydrogens (tertiary/aromatic N) is 1. The molecule has 94 valence electrons. The molecule has 1 rings (SSSR count). The van der Waals surface area contributed by atoms with E-state index in [1.54, 1.807) is 4.90 Å². The lowest BCUT2D eigenvalue weighted by Crippen LogP contribution is -2.27. The van der Waals surface area contributed by atoms with Gasteiger partial charge in [0.15, 0.2) is 0 Å². The largest absolute Gasteiger partial charge is 0.342 e. The molecule has 0 N–H and O–H groups in total. The number of amides is 1. The SMILES string of the molecule is CN(CCCCCCl)C(=O)c1ccc(I)cc1. The molecule has 0 heterocycles. The van der Waals surface area contributed by atoms with Crippen molar-refractivity contribution in [3.8, 4) is 0 Å². The Balaban J connectivity index is 2.43. The maximum atomic E-state index is 12.0. The molecule has 0 saturated carbocycles. The Hall–Kier alpha value is -0.290. The monoisotopic (exact) mass is 365 g/mol. The molecule has 4 heteroatoms. The van der Waals surface area contributed by atoms with Crippen LogP contribution < -0.4 is 0 Å². The van der Waals surface area contributed by atoms with Gasteiger partial charge in [-0.3, -0.25) is 4.79 Å². The van der Waals surface area contributed by atoms with Crippen molar-refractivity contribution in [3.63, 3.8) is 0 Å². The first kappa shape index (κ1) is 14.8. The van der Waals surface area contributed by atoms with E-state index >= 15 is 0 Å². The van der Waals surface area contributed by atoms with Crippen LogP contribution in [0.1, 0.15) is 29.6 Å². The first-order valence-corrected chi connectivity index (χ1v) is 7.33. The van der Waals surface area contributed by atoms with Gasteiger partial charge in [-0.2, -0.15) is 0 Å². The van der Waals surface area contributed by atoms with Gasteiger partial charge in [0.25, 0.3) is 5.91 Å². The minimum atomic E-state index is 0.0901. The average Bonchev–Trinajstić information content (AvgIpc) is 2.34. The topological polar surface area (TPSA) is 20.3 Å². The second-order valence-electron chi connectivity index (χ2n) is 3.98.